The first-order valence-electron chi connectivity index (χ1n) is 7.97. The molecule has 1 N–H and O–H groups in total. The van der Waals surface area contributed by atoms with Crippen LogP contribution in [0.1, 0.15) is 65.9 Å². The Morgan fingerprint density at radius 2 is 2.23 bits per heavy atom. The van der Waals surface area contributed by atoms with E-state index in [2.05, 4.69) is 25.2 Å². The number of hydrogen-bond donors (Lipinski definition) is 1. The van der Waals surface area contributed by atoms with Crippen molar-refractivity contribution in [3.63, 3.8) is 0 Å². The molecule has 2 aromatic heterocycles. The predicted octanol–water partition coefficient (Wildman–Crippen LogP) is 1.80. The third kappa shape index (κ3) is 2.63. The second-order valence-electron chi connectivity index (χ2n) is 6.07. The lowest BCUT2D eigenvalue weighted by Gasteiger charge is -2.07. The summed E-state index contributed by atoms with van der Waals surface area (Å²) in [6, 6.07) is 1.75. The molecule has 0 aromatic carbocycles. The summed E-state index contributed by atoms with van der Waals surface area (Å²) in [7, 11) is 0. The highest BCUT2D eigenvalue weighted by atomic mass is 16.5. The molecular weight excluding hydrogens is 282 g/mol. The minimum Gasteiger partial charge on any atom is -0.360 e. The Kier molecular flexibility index (Phi) is 3.40. The van der Waals surface area contributed by atoms with Crippen LogP contribution in [0.15, 0.2) is 10.6 Å². The van der Waals surface area contributed by atoms with Crippen LogP contribution in [0.2, 0.25) is 0 Å². The van der Waals surface area contributed by atoms with Gasteiger partial charge in [-0.1, -0.05) is 11.6 Å². The molecule has 1 fully saturated rings. The van der Waals surface area contributed by atoms with Gasteiger partial charge in [-0.15, -0.1) is 10.2 Å². The van der Waals surface area contributed by atoms with E-state index < -0.39 is 0 Å². The highest BCUT2D eigenvalue weighted by Crippen LogP contribution is 2.40. The Bertz CT molecular complexity index is 686. The number of aryl methyl sites for hydroxylation is 1. The van der Waals surface area contributed by atoms with Crippen LogP contribution < -0.4 is 5.32 Å². The summed E-state index contributed by atoms with van der Waals surface area (Å²) in [4.78, 5) is 12.1. The first kappa shape index (κ1) is 13.5. The predicted molar refractivity (Wildman–Crippen MR) is 77.2 cm³/mol. The van der Waals surface area contributed by atoms with Crippen LogP contribution in [0, 0.1) is 0 Å². The van der Waals surface area contributed by atoms with Crippen LogP contribution >= 0.6 is 0 Å². The number of fused-ring (bicyclic) bond motifs is 1. The first-order chi connectivity index (χ1) is 10.8. The maximum absolute atomic E-state index is 12.1. The minimum absolute atomic E-state index is 0.221. The molecule has 2 aliphatic rings. The number of nitrogens with zero attached hydrogens (tertiary/aromatic N) is 4. The van der Waals surface area contributed by atoms with E-state index in [0.717, 1.165) is 56.1 Å². The normalized spacial score (nSPS) is 17.8. The fraction of sp³-hybridized carbons (Fsp3) is 0.600. The number of carbonyl (C=O) groups excluding carboxylic acids is 1. The molecule has 0 atom stereocenters. The van der Waals surface area contributed by atoms with Gasteiger partial charge in [0.1, 0.15) is 11.6 Å². The van der Waals surface area contributed by atoms with E-state index >= 15 is 0 Å². The summed E-state index contributed by atoms with van der Waals surface area (Å²) in [5.41, 5.74) is 0.345. The van der Waals surface area contributed by atoms with Crippen molar-refractivity contribution in [2.24, 2.45) is 0 Å². The molecule has 1 aliphatic heterocycles. The third-order valence-electron chi connectivity index (χ3n) is 4.33. The van der Waals surface area contributed by atoms with Crippen molar-refractivity contribution in [1.29, 1.82) is 0 Å². The minimum atomic E-state index is -0.221. The van der Waals surface area contributed by atoms with Gasteiger partial charge < -0.3 is 14.4 Å². The third-order valence-corrected chi connectivity index (χ3v) is 4.33. The molecule has 0 unspecified atom stereocenters. The largest absolute Gasteiger partial charge is 0.360 e. The molecule has 0 bridgehead atoms. The average Bonchev–Trinajstić information content (AvgIpc) is 3.21. The van der Waals surface area contributed by atoms with E-state index in [4.69, 9.17) is 4.52 Å². The number of hydrogen-bond acceptors (Lipinski definition) is 5. The van der Waals surface area contributed by atoms with E-state index in [1.807, 2.05) is 0 Å². The fourth-order valence-corrected chi connectivity index (χ4v) is 2.88. The Morgan fingerprint density at radius 1 is 1.32 bits per heavy atom. The molecule has 7 nitrogen and oxygen atoms in total. The van der Waals surface area contributed by atoms with E-state index in [9.17, 15) is 4.79 Å². The molecule has 116 valence electrons. The van der Waals surface area contributed by atoms with Crippen LogP contribution in [0.3, 0.4) is 0 Å². The summed E-state index contributed by atoms with van der Waals surface area (Å²) in [5, 5.41) is 15.1. The lowest BCUT2D eigenvalue weighted by molar-refractivity contribution is 0.0940. The monoisotopic (exact) mass is 301 g/mol. The van der Waals surface area contributed by atoms with Gasteiger partial charge in [-0.2, -0.15) is 0 Å². The van der Waals surface area contributed by atoms with Gasteiger partial charge >= 0.3 is 0 Å². The second-order valence-corrected chi connectivity index (χ2v) is 6.07. The summed E-state index contributed by atoms with van der Waals surface area (Å²) >= 11 is 0. The van der Waals surface area contributed by atoms with Crippen LogP contribution in [0.4, 0.5) is 0 Å². The average molecular weight is 301 g/mol. The number of amides is 1. The van der Waals surface area contributed by atoms with Gasteiger partial charge in [0.05, 0.1) is 6.54 Å². The van der Waals surface area contributed by atoms with Crippen molar-refractivity contribution >= 4 is 5.91 Å². The standard InChI is InChI=1S/C15H19N5O2/c21-15(11-8-12(22-19-11)10-5-6-10)16-9-14-18-17-13-4-2-1-3-7-20(13)14/h8,10H,1-7,9H2,(H,16,21). The van der Waals surface area contributed by atoms with Crippen LogP contribution in [0.5, 0.6) is 0 Å². The van der Waals surface area contributed by atoms with Crippen molar-refractivity contribution < 1.29 is 9.32 Å². The lowest BCUT2D eigenvalue weighted by atomic mass is 10.2. The van der Waals surface area contributed by atoms with Gasteiger partial charge in [-0.3, -0.25) is 4.79 Å². The van der Waals surface area contributed by atoms with Gasteiger partial charge in [0.25, 0.3) is 5.91 Å². The molecule has 22 heavy (non-hydrogen) atoms. The Balaban J connectivity index is 1.41. The van der Waals surface area contributed by atoms with Gasteiger partial charge in [-0.05, 0) is 25.7 Å². The summed E-state index contributed by atoms with van der Waals surface area (Å²) < 4.78 is 7.34. The Morgan fingerprint density at radius 3 is 3.09 bits per heavy atom. The number of aromatic nitrogens is 4. The highest BCUT2D eigenvalue weighted by Gasteiger charge is 2.29. The molecule has 0 radical (unpaired) electrons. The Hall–Kier alpha value is -2.18. The van der Waals surface area contributed by atoms with Crippen molar-refractivity contribution in [1.82, 2.24) is 25.2 Å². The Labute approximate surface area is 128 Å². The maximum Gasteiger partial charge on any atom is 0.273 e. The van der Waals surface area contributed by atoms with Gasteiger partial charge in [0, 0.05) is 24.9 Å². The smallest absolute Gasteiger partial charge is 0.273 e. The summed E-state index contributed by atoms with van der Waals surface area (Å²) in [6.45, 7) is 1.31. The van der Waals surface area contributed by atoms with Crippen molar-refractivity contribution in [2.75, 3.05) is 0 Å². The molecule has 0 spiro atoms. The van der Waals surface area contributed by atoms with Crippen molar-refractivity contribution in [3.8, 4) is 0 Å². The molecule has 4 rings (SSSR count). The van der Waals surface area contributed by atoms with Crippen molar-refractivity contribution in [3.05, 3.63) is 29.2 Å². The summed E-state index contributed by atoms with van der Waals surface area (Å²) in [5.74, 6) is 2.90. The van der Waals surface area contributed by atoms with Crippen molar-refractivity contribution in [2.45, 2.75) is 57.5 Å². The molecule has 7 heteroatoms. The lowest BCUT2D eigenvalue weighted by Crippen LogP contribution is -2.25. The zero-order chi connectivity index (χ0) is 14.9. The topological polar surface area (TPSA) is 85.8 Å². The fourth-order valence-electron chi connectivity index (χ4n) is 2.88. The van der Waals surface area contributed by atoms with Gasteiger partial charge in [0.2, 0.25) is 0 Å². The van der Waals surface area contributed by atoms with Gasteiger partial charge in [-0.25, -0.2) is 0 Å². The second kappa shape index (κ2) is 5.55. The van der Waals surface area contributed by atoms with E-state index in [0.29, 0.717) is 18.2 Å². The van der Waals surface area contributed by atoms with E-state index in [1.165, 1.54) is 6.42 Å². The zero-order valence-corrected chi connectivity index (χ0v) is 12.4. The molecule has 0 saturated heterocycles. The van der Waals surface area contributed by atoms with E-state index in [-0.39, 0.29) is 5.91 Å². The van der Waals surface area contributed by atoms with E-state index in [1.54, 1.807) is 6.07 Å². The molecular formula is C15H19N5O2. The van der Waals surface area contributed by atoms with Crippen LogP contribution in [-0.4, -0.2) is 25.8 Å². The van der Waals surface area contributed by atoms with Gasteiger partial charge in [0.15, 0.2) is 11.5 Å². The zero-order valence-electron chi connectivity index (χ0n) is 12.4. The number of carbonyl (C=O) groups is 1. The first-order valence-corrected chi connectivity index (χ1v) is 7.97. The molecule has 2 aromatic rings. The summed E-state index contributed by atoms with van der Waals surface area (Å²) in [6.07, 6.45) is 6.74. The maximum atomic E-state index is 12.1. The quantitative estimate of drug-likeness (QED) is 0.930. The molecule has 1 aliphatic carbocycles. The number of nitrogens with one attached hydrogen (secondary N) is 1. The number of rotatable bonds is 4. The van der Waals surface area contributed by atoms with Crippen LogP contribution in [-0.2, 0) is 19.5 Å². The van der Waals surface area contributed by atoms with Crippen LogP contribution in [0.25, 0.3) is 0 Å². The molecule has 1 saturated carbocycles. The molecule has 1 amide bonds. The molecule has 3 heterocycles. The highest BCUT2D eigenvalue weighted by molar-refractivity contribution is 5.92. The SMILES string of the molecule is O=C(NCc1nnc2n1CCCCC2)c1cc(C2CC2)on1.